The van der Waals surface area contributed by atoms with Gasteiger partial charge in [0.1, 0.15) is 12.4 Å². The number of likely N-dealkylation sites (N-methyl/N-ethyl adjacent to an activating group) is 1. The molecule has 5 nitrogen and oxygen atoms in total. The van der Waals surface area contributed by atoms with Gasteiger partial charge in [0, 0.05) is 26.9 Å². The summed E-state index contributed by atoms with van der Waals surface area (Å²) in [6.07, 6.45) is -0.378. The zero-order valence-electron chi connectivity index (χ0n) is 12.0. The molecule has 0 saturated carbocycles. The molecule has 108 valence electrons. The first-order chi connectivity index (χ1) is 9.28. The Bertz CT molecular complexity index is 355. The Morgan fingerprint density at radius 2 is 1.74 bits per heavy atom. The van der Waals surface area contributed by atoms with Crippen molar-refractivity contribution in [2.24, 2.45) is 0 Å². The van der Waals surface area contributed by atoms with Crippen LogP contribution in [0.25, 0.3) is 0 Å². The average Bonchev–Trinajstić information content (AvgIpc) is 2.46. The molecule has 0 bridgehead atoms. The van der Waals surface area contributed by atoms with Crippen LogP contribution < -0.4 is 10.1 Å². The van der Waals surface area contributed by atoms with Crippen LogP contribution in [0.1, 0.15) is 11.6 Å². The molecule has 19 heavy (non-hydrogen) atoms. The molecule has 0 radical (unpaired) electrons. The summed E-state index contributed by atoms with van der Waals surface area (Å²) in [6, 6.07) is 7.72. The summed E-state index contributed by atoms with van der Waals surface area (Å²) < 4.78 is 21.4. The van der Waals surface area contributed by atoms with Gasteiger partial charge in [0.05, 0.1) is 12.6 Å². The summed E-state index contributed by atoms with van der Waals surface area (Å²) in [4.78, 5) is 0. The Hall–Kier alpha value is -1.14. The van der Waals surface area contributed by atoms with Gasteiger partial charge >= 0.3 is 0 Å². The standard InChI is InChI=1S/C14H23NO4/c1-15-13(14(17-3)18-4)11-7-5-6-8-12(11)19-10-9-16-2/h5-8,13-15H,9-10H2,1-4H3. The lowest BCUT2D eigenvalue weighted by atomic mass is 10.1. The Balaban J connectivity index is 2.89. The molecule has 0 saturated heterocycles. The van der Waals surface area contributed by atoms with E-state index in [9.17, 15) is 0 Å². The van der Waals surface area contributed by atoms with E-state index in [1.165, 1.54) is 0 Å². The highest BCUT2D eigenvalue weighted by atomic mass is 16.7. The molecule has 0 amide bonds. The molecule has 1 aromatic rings. The van der Waals surface area contributed by atoms with Gasteiger partial charge in [-0.3, -0.25) is 0 Å². The fraction of sp³-hybridized carbons (Fsp3) is 0.571. The maximum atomic E-state index is 5.72. The van der Waals surface area contributed by atoms with Crippen molar-refractivity contribution >= 4 is 0 Å². The average molecular weight is 269 g/mol. The van der Waals surface area contributed by atoms with Crippen molar-refractivity contribution in [1.29, 1.82) is 0 Å². The highest BCUT2D eigenvalue weighted by molar-refractivity contribution is 5.36. The number of hydrogen-bond donors (Lipinski definition) is 1. The lowest BCUT2D eigenvalue weighted by molar-refractivity contribution is -0.123. The van der Waals surface area contributed by atoms with E-state index in [-0.39, 0.29) is 12.3 Å². The molecule has 1 unspecified atom stereocenters. The van der Waals surface area contributed by atoms with Crippen LogP contribution >= 0.6 is 0 Å². The first-order valence-electron chi connectivity index (χ1n) is 6.22. The van der Waals surface area contributed by atoms with E-state index in [1.807, 2.05) is 31.3 Å². The van der Waals surface area contributed by atoms with E-state index in [0.717, 1.165) is 11.3 Å². The molecule has 1 N–H and O–H groups in total. The van der Waals surface area contributed by atoms with Gasteiger partial charge < -0.3 is 24.3 Å². The third-order valence-corrected chi connectivity index (χ3v) is 2.85. The number of para-hydroxylation sites is 1. The minimum atomic E-state index is -0.378. The summed E-state index contributed by atoms with van der Waals surface area (Å²) >= 11 is 0. The van der Waals surface area contributed by atoms with Crippen molar-refractivity contribution in [3.05, 3.63) is 29.8 Å². The predicted molar refractivity (Wildman–Crippen MR) is 73.4 cm³/mol. The number of methoxy groups -OCH3 is 3. The second-order valence-corrected chi connectivity index (χ2v) is 3.99. The Morgan fingerprint density at radius 3 is 2.32 bits per heavy atom. The summed E-state index contributed by atoms with van der Waals surface area (Å²) in [6.45, 7) is 1.06. The molecule has 0 aromatic heterocycles. The summed E-state index contributed by atoms with van der Waals surface area (Å²) in [5.74, 6) is 0.804. The largest absolute Gasteiger partial charge is 0.491 e. The van der Waals surface area contributed by atoms with Crippen molar-refractivity contribution in [3.8, 4) is 5.75 Å². The van der Waals surface area contributed by atoms with Crippen molar-refractivity contribution < 1.29 is 18.9 Å². The molecule has 0 aliphatic rings. The molecular formula is C14H23NO4. The van der Waals surface area contributed by atoms with Gasteiger partial charge in [-0.05, 0) is 13.1 Å². The zero-order valence-corrected chi connectivity index (χ0v) is 12.0. The fourth-order valence-corrected chi connectivity index (χ4v) is 1.91. The smallest absolute Gasteiger partial charge is 0.176 e. The molecule has 1 rings (SSSR count). The van der Waals surface area contributed by atoms with E-state index in [2.05, 4.69) is 5.32 Å². The van der Waals surface area contributed by atoms with Gasteiger partial charge in [0.15, 0.2) is 6.29 Å². The number of benzene rings is 1. The molecule has 0 aliphatic heterocycles. The second-order valence-electron chi connectivity index (χ2n) is 3.99. The fourth-order valence-electron chi connectivity index (χ4n) is 1.91. The SMILES string of the molecule is CNC(c1ccccc1OCCOC)C(OC)OC. The maximum absolute atomic E-state index is 5.72. The first-order valence-corrected chi connectivity index (χ1v) is 6.22. The van der Waals surface area contributed by atoms with Crippen LogP contribution in [0.15, 0.2) is 24.3 Å². The van der Waals surface area contributed by atoms with Gasteiger partial charge in [0.25, 0.3) is 0 Å². The Kier molecular flexibility index (Phi) is 7.43. The molecule has 1 aromatic carbocycles. The van der Waals surface area contributed by atoms with E-state index in [1.54, 1.807) is 21.3 Å². The Labute approximate surface area is 114 Å². The van der Waals surface area contributed by atoms with Crippen molar-refractivity contribution in [2.75, 3.05) is 41.6 Å². The topological polar surface area (TPSA) is 49.0 Å². The van der Waals surface area contributed by atoms with E-state index >= 15 is 0 Å². The highest BCUT2D eigenvalue weighted by Gasteiger charge is 2.24. The third kappa shape index (κ3) is 4.47. The van der Waals surface area contributed by atoms with Crippen LogP contribution in [0.3, 0.4) is 0 Å². The second kappa shape index (κ2) is 8.87. The Morgan fingerprint density at radius 1 is 1.05 bits per heavy atom. The van der Waals surface area contributed by atoms with Crippen molar-refractivity contribution in [3.63, 3.8) is 0 Å². The van der Waals surface area contributed by atoms with Crippen LogP contribution in [0.5, 0.6) is 5.75 Å². The third-order valence-electron chi connectivity index (χ3n) is 2.85. The number of nitrogens with one attached hydrogen (secondary N) is 1. The van der Waals surface area contributed by atoms with Crippen LogP contribution in [-0.2, 0) is 14.2 Å². The number of ether oxygens (including phenoxy) is 4. The van der Waals surface area contributed by atoms with E-state index in [4.69, 9.17) is 18.9 Å². The lowest BCUT2D eigenvalue weighted by Crippen LogP contribution is -2.32. The van der Waals surface area contributed by atoms with Gasteiger partial charge in [-0.15, -0.1) is 0 Å². The first kappa shape index (κ1) is 15.9. The monoisotopic (exact) mass is 269 g/mol. The van der Waals surface area contributed by atoms with Crippen LogP contribution in [0, 0.1) is 0 Å². The predicted octanol–water partition coefficient (Wildman–Crippen LogP) is 1.59. The van der Waals surface area contributed by atoms with E-state index < -0.39 is 0 Å². The quantitative estimate of drug-likeness (QED) is 0.545. The lowest BCUT2D eigenvalue weighted by Gasteiger charge is -2.26. The maximum Gasteiger partial charge on any atom is 0.176 e. The van der Waals surface area contributed by atoms with Crippen LogP contribution in [0.2, 0.25) is 0 Å². The molecule has 1 atom stereocenters. The molecular weight excluding hydrogens is 246 g/mol. The number of hydrogen-bond acceptors (Lipinski definition) is 5. The number of rotatable bonds is 9. The van der Waals surface area contributed by atoms with Gasteiger partial charge in [0.2, 0.25) is 0 Å². The summed E-state index contributed by atoms with van der Waals surface area (Å²) in [5.41, 5.74) is 0.995. The molecule has 0 spiro atoms. The van der Waals surface area contributed by atoms with Crippen molar-refractivity contribution in [2.45, 2.75) is 12.3 Å². The van der Waals surface area contributed by atoms with Crippen LogP contribution in [0.4, 0.5) is 0 Å². The summed E-state index contributed by atoms with van der Waals surface area (Å²) in [5, 5.41) is 3.19. The zero-order chi connectivity index (χ0) is 14.1. The normalized spacial score (nSPS) is 12.7. The molecule has 5 heteroatoms. The van der Waals surface area contributed by atoms with Gasteiger partial charge in [-0.1, -0.05) is 18.2 Å². The minimum Gasteiger partial charge on any atom is -0.491 e. The molecule has 0 heterocycles. The van der Waals surface area contributed by atoms with Gasteiger partial charge in [-0.25, -0.2) is 0 Å². The summed E-state index contributed by atoms with van der Waals surface area (Å²) in [7, 11) is 6.75. The minimum absolute atomic E-state index is 0.103. The van der Waals surface area contributed by atoms with Gasteiger partial charge in [-0.2, -0.15) is 0 Å². The molecule has 0 fully saturated rings. The van der Waals surface area contributed by atoms with Crippen LogP contribution in [-0.4, -0.2) is 47.9 Å². The highest BCUT2D eigenvalue weighted by Crippen LogP contribution is 2.28. The van der Waals surface area contributed by atoms with E-state index in [0.29, 0.717) is 13.2 Å². The van der Waals surface area contributed by atoms with Crippen molar-refractivity contribution in [1.82, 2.24) is 5.32 Å². The molecule has 0 aliphatic carbocycles.